The maximum atomic E-state index is 12.4. The molecule has 2 nitrogen and oxygen atoms in total. The van der Waals surface area contributed by atoms with Gasteiger partial charge in [-0.1, -0.05) is 18.2 Å². The fourth-order valence-corrected chi connectivity index (χ4v) is 4.37. The molecule has 2 aliphatic rings. The molecule has 0 saturated carbocycles. The molecular weight excluding hydrogens is 323 g/mol. The van der Waals surface area contributed by atoms with Crippen LogP contribution in [-0.4, -0.2) is 6.36 Å². The van der Waals surface area contributed by atoms with Crippen LogP contribution in [0.3, 0.4) is 0 Å². The van der Waals surface area contributed by atoms with Crippen molar-refractivity contribution in [1.29, 1.82) is 0 Å². The monoisotopic (exact) mass is 337 g/mol. The Kier molecular flexibility index (Phi) is 3.37. The van der Waals surface area contributed by atoms with E-state index in [9.17, 15) is 13.2 Å². The summed E-state index contributed by atoms with van der Waals surface area (Å²) in [4.78, 5) is 1.25. The molecule has 1 aliphatic heterocycles. The van der Waals surface area contributed by atoms with E-state index in [4.69, 9.17) is 0 Å². The van der Waals surface area contributed by atoms with Gasteiger partial charge in [0.1, 0.15) is 5.75 Å². The second-order valence-corrected chi connectivity index (χ2v) is 6.77. The summed E-state index contributed by atoms with van der Waals surface area (Å²) in [6.45, 7) is 0. The molecule has 1 aliphatic carbocycles. The second kappa shape index (κ2) is 5.30. The molecule has 2 aromatic rings. The van der Waals surface area contributed by atoms with E-state index in [1.54, 1.807) is 17.4 Å². The van der Waals surface area contributed by atoms with Gasteiger partial charge in [0, 0.05) is 16.5 Å². The lowest BCUT2D eigenvalue weighted by Crippen LogP contribution is -2.28. The fourth-order valence-electron chi connectivity index (χ4n) is 3.52. The third kappa shape index (κ3) is 2.72. The third-order valence-corrected chi connectivity index (χ3v) is 5.37. The van der Waals surface area contributed by atoms with E-state index in [0.717, 1.165) is 17.7 Å². The molecule has 1 aromatic carbocycles. The van der Waals surface area contributed by atoms with Crippen LogP contribution in [0.1, 0.15) is 28.8 Å². The summed E-state index contributed by atoms with van der Waals surface area (Å²) in [6, 6.07) is 8.87. The molecule has 0 bridgehead atoms. The molecule has 1 N–H and O–H groups in total. The first kappa shape index (κ1) is 14.6. The quantitative estimate of drug-likeness (QED) is 0.733. The first-order valence-corrected chi connectivity index (χ1v) is 8.25. The number of hydrogen-bond acceptors (Lipinski definition) is 3. The molecule has 4 rings (SSSR count). The summed E-state index contributed by atoms with van der Waals surface area (Å²) in [7, 11) is 0. The largest absolute Gasteiger partial charge is 0.573 e. The third-order valence-electron chi connectivity index (χ3n) is 4.42. The number of benzene rings is 1. The zero-order chi connectivity index (χ0) is 16.0. The average molecular weight is 337 g/mol. The van der Waals surface area contributed by atoms with Gasteiger partial charge < -0.3 is 10.1 Å². The Morgan fingerprint density at radius 2 is 2.09 bits per heavy atom. The van der Waals surface area contributed by atoms with Gasteiger partial charge in [0.25, 0.3) is 0 Å². The van der Waals surface area contributed by atoms with Crippen LogP contribution in [0.4, 0.5) is 18.9 Å². The Morgan fingerprint density at radius 3 is 2.83 bits per heavy atom. The lowest BCUT2D eigenvalue weighted by molar-refractivity contribution is -0.274. The van der Waals surface area contributed by atoms with Crippen LogP contribution < -0.4 is 10.1 Å². The minimum absolute atomic E-state index is 0.120. The van der Waals surface area contributed by atoms with Crippen LogP contribution in [0.25, 0.3) is 0 Å². The van der Waals surface area contributed by atoms with Crippen molar-refractivity contribution in [2.45, 2.75) is 24.7 Å². The number of allylic oxidation sites excluding steroid dienone is 2. The van der Waals surface area contributed by atoms with Crippen molar-refractivity contribution < 1.29 is 17.9 Å². The van der Waals surface area contributed by atoms with E-state index in [1.807, 2.05) is 11.4 Å². The molecule has 0 radical (unpaired) electrons. The summed E-state index contributed by atoms with van der Waals surface area (Å²) >= 11 is 1.70. The van der Waals surface area contributed by atoms with E-state index in [-0.39, 0.29) is 17.7 Å². The SMILES string of the molecule is FC(F)(F)Oc1ccc2c(c1)C1C=CCC1C(c1cccs1)N2. The lowest BCUT2D eigenvalue weighted by Gasteiger charge is -2.37. The summed E-state index contributed by atoms with van der Waals surface area (Å²) in [5.74, 6) is 0.282. The predicted octanol–water partition coefficient (Wildman–Crippen LogP) is 5.47. The van der Waals surface area contributed by atoms with E-state index < -0.39 is 6.36 Å². The van der Waals surface area contributed by atoms with Gasteiger partial charge in [-0.25, -0.2) is 0 Å². The first-order chi connectivity index (χ1) is 11.0. The molecule has 23 heavy (non-hydrogen) atoms. The maximum absolute atomic E-state index is 12.4. The minimum atomic E-state index is -4.67. The zero-order valence-electron chi connectivity index (χ0n) is 12.0. The van der Waals surface area contributed by atoms with Crippen molar-refractivity contribution in [2.75, 3.05) is 5.32 Å². The van der Waals surface area contributed by atoms with Crippen molar-refractivity contribution in [3.8, 4) is 5.75 Å². The number of alkyl halides is 3. The number of hydrogen-bond donors (Lipinski definition) is 1. The molecule has 2 heterocycles. The zero-order valence-corrected chi connectivity index (χ0v) is 12.8. The summed E-state index contributed by atoms with van der Waals surface area (Å²) in [6.07, 6.45) is 0.469. The molecule has 120 valence electrons. The van der Waals surface area contributed by atoms with Gasteiger partial charge >= 0.3 is 6.36 Å². The Labute approximate surface area is 135 Å². The topological polar surface area (TPSA) is 21.3 Å². The van der Waals surface area contributed by atoms with E-state index in [2.05, 4.69) is 28.3 Å². The highest BCUT2D eigenvalue weighted by Gasteiger charge is 2.39. The lowest BCUT2D eigenvalue weighted by atomic mass is 9.79. The highest BCUT2D eigenvalue weighted by molar-refractivity contribution is 7.10. The number of rotatable bonds is 2. The predicted molar refractivity (Wildman–Crippen MR) is 83.8 cm³/mol. The fraction of sp³-hybridized carbons (Fsp3) is 0.294. The van der Waals surface area contributed by atoms with Crippen LogP contribution in [0.2, 0.25) is 0 Å². The summed E-state index contributed by atoms with van der Waals surface area (Å²) in [5.41, 5.74) is 1.75. The summed E-state index contributed by atoms with van der Waals surface area (Å²) < 4.78 is 41.4. The van der Waals surface area contributed by atoms with Gasteiger partial charge in [-0.15, -0.1) is 24.5 Å². The Balaban J connectivity index is 1.71. The van der Waals surface area contributed by atoms with Gasteiger partial charge in [-0.3, -0.25) is 0 Å². The van der Waals surface area contributed by atoms with Gasteiger partial charge in [-0.05, 0) is 47.5 Å². The maximum Gasteiger partial charge on any atom is 0.573 e. The molecule has 0 fully saturated rings. The van der Waals surface area contributed by atoms with Crippen LogP contribution in [-0.2, 0) is 0 Å². The molecule has 0 saturated heterocycles. The van der Waals surface area contributed by atoms with E-state index in [1.165, 1.54) is 17.0 Å². The highest BCUT2D eigenvalue weighted by Crippen LogP contribution is 2.51. The Morgan fingerprint density at radius 1 is 1.22 bits per heavy atom. The number of ether oxygens (including phenoxy) is 1. The molecule has 6 heteroatoms. The smallest absolute Gasteiger partial charge is 0.406 e. The molecular formula is C17H14F3NOS. The molecule has 0 spiro atoms. The normalized spacial score (nSPS) is 25.6. The van der Waals surface area contributed by atoms with Crippen LogP contribution in [0.15, 0.2) is 47.9 Å². The van der Waals surface area contributed by atoms with Crippen LogP contribution in [0, 0.1) is 5.92 Å². The number of halogens is 3. The van der Waals surface area contributed by atoms with Gasteiger partial charge in [0.2, 0.25) is 0 Å². The molecule has 0 amide bonds. The van der Waals surface area contributed by atoms with Crippen molar-refractivity contribution >= 4 is 17.0 Å². The van der Waals surface area contributed by atoms with Crippen molar-refractivity contribution in [3.63, 3.8) is 0 Å². The first-order valence-electron chi connectivity index (χ1n) is 7.37. The molecule has 1 aromatic heterocycles. The standard InChI is InChI=1S/C17H14F3NOS/c18-17(19,20)22-10-6-7-14-13(9-10)11-3-1-4-12(11)16(21-14)15-5-2-8-23-15/h1-3,5-9,11-12,16,21H,4H2. The van der Waals surface area contributed by atoms with E-state index >= 15 is 0 Å². The molecule has 3 unspecified atom stereocenters. The average Bonchev–Trinajstić information content (AvgIpc) is 3.16. The minimum Gasteiger partial charge on any atom is -0.406 e. The van der Waals surface area contributed by atoms with Gasteiger partial charge in [0.15, 0.2) is 0 Å². The molecule has 3 atom stereocenters. The highest BCUT2D eigenvalue weighted by atomic mass is 32.1. The van der Waals surface area contributed by atoms with Crippen molar-refractivity contribution in [3.05, 3.63) is 58.3 Å². The second-order valence-electron chi connectivity index (χ2n) is 5.79. The number of anilines is 1. The number of fused-ring (bicyclic) bond motifs is 3. The number of thiophene rings is 1. The van der Waals surface area contributed by atoms with Crippen LogP contribution in [0.5, 0.6) is 5.75 Å². The summed E-state index contributed by atoms with van der Waals surface area (Å²) in [5, 5.41) is 5.54. The van der Waals surface area contributed by atoms with Crippen molar-refractivity contribution in [2.24, 2.45) is 5.92 Å². The van der Waals surface area contributed by atoms with Gasteiger partial charge in [-0.2, -0.15) is 0 Å². The Bertz CT molecular complexity index is 739. The van der Waals surface area contributed by atoms with Crippen LogP contribution >= 0.6 is 11.3 Å². The Hall–Kier alpha value is -1.95. The van der Waals surface area contributed by atoms with E-state index in [0.29, 0.717) is 5.92 Å². The van der Waals surface area contributed by atoms with Gasteiger partial charge in [0.05, 0.1) is 6.04 Å². The number of nitrogens with one attached hydrogen (secondary N) is 1. The van der Waals surface area contributed by atoms with Crippen molar-refractivity contribution in [1.82, 2.24) is 0 Å².